The van der Waals surface area contributed by atoms with Crippen molar-refractivity contribution in [2.45, 2.75) is 51.4 Å². The van der Waals surface area contributed by atoms with Crippen LogP contribution in [-0.2, 0) is 30.1 Å². The van der Waals surface area contributed by atoms with Crippen LogP contribution in [0.5, 0.6) is 11.5 Å². The van der Waals surface area contributed by atoms with Gasteiger partial charge in [0.05, 0.1) is 12.2 Å². The number of carbonyl (C=O) groups is 1. The summed E-state index contributed by atoms with van der Waals surface area (Å²) in [6.45, 7) is 6.83. The molecule has 1 fully saturated rings. The Morgan fingerprint density at radius 3 is 2.35 bits per heavy atom. The van der Waals surface area contributed by atoms with Crippen molar-refractivity contribution in [1.29, 1.82) is 0 Å². The Balaban J connectivity index is 2.01. The van der Waals surface area contributed by atoms with Crippen molar-refractivity contribution in [3.05, 3.63) is 23.3 Å². The fourth-order valence-corrected chi connectivity index (χ4v) is 5.17. The highest BCUT2D eigenvalue weighted by molar-refractivity contribution is 5.77. The van der Waals surface area contributed by atoms with Crippen LogP contribution >= 0.6 is 0 Å². The summed E-state index contributed by atoms with van der Waals surface area (Å²) in [7, 11) is 4.75. The van der Waals surface area contributed by atoms with E-state index in [2.05, 4.69) is 20.8 Å². The maximum atomic E-state index is 11.5. The maximum Gasteiger partial charge on any atom is 0.188 e. The molecule has 0 amide bonds. The molecule has 1 aliphatic heterocycles. The summed E-state index contributed by atoms with van der Waals surface area (Å²) in [6.07, 6.45) is 1.68. The van der Waals surface area contributed by atoms with Crippen molar-refractivity contribution in [2.24, 2.45) is 11.3 Å². The zero-order valence-electron chi connectivity index (χ0n) is 19.3. The Kier molecular flexibility index (Phi) is 7.59. The third-order valence-electron chi connectivity index (χ3n) is 6.46. The third-order valence-corrected chi connectivity index (χ3v) is 6.46. The highest BCUT2D eigenvalue weighted by Gasteiger charge is 2.59. The van der Waals surface area contributed by atoms with Crippen molar-refractivity contribution in [1.82, 2.24) is 0 Å². The number of hydrogen-bond donors (Lipinski definition) is 0. The first-order valence-corrected chi connectivity index (χ1v) is 10.4. The van der Waals surface area contributed by atoms with Gasteiger partial charge in [0.2, 0.25) is 0 Å². The van der Waals surface area contributed by atoms with E-state index in [0.29, 0.717) is 29.9 Å². The fourth-order valence-electron chi connectivity index (χ4n) is 5.17. The number of benzene rings is 1. The monoisotopic (exact) mass is 438 g/mol. The zero-order chi connectivity index (χ0) is 22.6. The molecule has 4 atom stereocenters. The van der Waals surface area contributed by atoms with E-state index in [1.54, 1.807) is 27.4 Å². The second kappa shape index (κ2) is 9.83. The van der Waals surface area contributed by atoms with Crippen LogP contribution in [0.15, 0.2) is 12.1 Å². The van der Waals surface area contributed by atoms with Gasteiger partial charge in [-0.2, -0.15) is 0 Å². The van der Waals surface area contributed by atoms with Gasteiger partial charge in [-0.15, -0.1) is 0 Å². The molecule has 3 rings (SSSR count). The van der Waals surface area contributed by atoms with Crippen LogP contribution in [0.1, 0.15) is 43.1 Å². The van der Waals surface area contributed by atoms with Gasteiger partial charge in [0.25, 0.3) is 0 Å². The smallest absolute Gasteiger partial charge is 0.188 e. The number of methoxy groups -OCH3 is 3. The summed E-state index contributed by atoms with van der Waals surface area (Å²) in [6, 6.07) is 3.56. The Bertz CT molecular complexity index is 764. The van der Waals surface area contributed by atoms with E-state index in [9.17, 15) is 4.79 Å². The molecule has 1 heterocycles. The van der Waals surface area contributed by atoms with Crippen LogP contribution in [0.25, 0.3) is 0 Å². The highest BCUT2D eigenvalue weighted by atomic mass is 16.7. The highest BCUT2D eigenvalue weighted by Crippen LogP contribution is 2.56. The summed E-state index contributed by atoms with van der Waals surface area (Å²) in [5.41, 5.74) is 0.634. The number of fused-ring (bicyclic) bond motifs is 2. The third kappa shape index (κ3) is 4.73. The Labute approximate surface area is 184 Å². The summed E-state index contributed by atoms with van der Waals surface area (Å²) in [5.74, 6) is 1.26. The molecule has 1 aliphatic carbocycles. The average molecular weight is 439 g/mol. The molecule has 1 aromatic carbocycles. The Morgan fingerprint density at radius 1 is 1.03 bits per heavy atom. The molecule has 174 valence electrons. The van der Waals surface area contributed by atoms with Gasteiger partial charge in [-0.05, 0) is 31.0 Å². The van der Waals surface area contributed by atoms with Crippen molar-refractivity contribution in [3.63, 3.8) is 0 Å². The lowest BCUT2D eigenvalue weighted by Crippen LogP contribution is -2.64. The SMILES string of the molecule is COCOc1cc(C=O)cc2c1O[C@]1(C)C[C@@H](OCOC)[C@@H](OCOC)C(C)(C)[C@H]1C2. The summed E-state index contributed by atoms with van der Waals surface area (Å²) in [4.78, 5) is 11.5. The lowest BCUT2D eigenvalue weighted by Gasteiger charge is -2.58. The average Bonchev–Trinajstić information content (AvgIpc) is 2.74. The minimum atomic E-state index is -0.532. The van der Waals surface area contributed by atoms with E-state index in [1.165, 1.54) is 0 Å². The van der Waals surface area contributed by atoms with Crippen LogP contribution in [0.3, 0.4) is 0 Å². The first kappa shape index (κ1) is 23.9. The molecule has 0 radical (unpaired) electrons. The molecule has 8 nitrogen and oxygen atoms in total. The van der Waals surface area contributed by atoms with Gasteiger partial charge >= 0.3 is 0 Å². The van der Waals surface area contributed by atoms with Crippen molar-refractivity contribution < 1.29 is 38.0 Å². The van der Waals surface area contributed by atoms with Crippen LogP contribution in [0.4, 0.5) is 0 Å². The molecule has 0 saturated heterocycles. The molecule has 8 heteroatoms. The molecule has 0 N–H and O–H groups in total. The minimum Gasteiger partial charge on any atom is -0.483 e. The number of carbonyl (C=O) groups excluding carboxylic acids is 1. The molecule has 0 aromatic heterocycles. The molecule has 0 unspecified atom stereocenters. The Morgan fingerprint density at radius 2 is 1.71 bits per heavy atom. The minimum absolute atomic E-state index is 0.0657. The van der Waals surface area contributed by atoms with Gasteiger partial charge in [-0.25, -0.2) is 0 Å². The molecule has 0 bridgehead atoms. The molecular weight excluding hydrogens is 404 g/mol. The number of rotatable bonds is 10. The molecule has 31 heavy (non-hydrogen) atoms. The summed E-state index contributed by atoms with van der Waals surface area (Å²) < 4.78 is 39.9. The number of hydrogen-bond acceptors (Lipinski definition) is 8. The van der Waals surface area contributed by atoms with Crippen LogP contribution in [0.2, 0.25) is 0 Å². The van der Waals surface area contributed by atoms with E-state index in [-0.39, 0.29) is 43.9 Å². The predicted octanol–water partition coefficient (Wildman–Crippen LogP) is 3.20. The lowest BCUT2D eigenvalue weighted by atomic mass is 9.56. The quantitative estimate of drug-likeness (QED) is 0.407. The second-order valence-corrected chi connectivity index (χ2v) is 8.98. The first-order chi connectivity index (χ1) is 14.8. The van der Waals surface area contributed by atoms with E-state index >= 15 is 0 Å². The molecule has 1 aromatic rings. The topological polar surface area (TPSA) is 81.7 Å². The molecular formula is C23H34O8. The Hall–Kier alpha value is -1.71. The van der Waals surface area contributed by atoms with Crippen LogP contribution < -0.4 is 9.47 Å². The van der Waals surface area contributed by atoms with Crippen LogP contribution in [0, 0.1) is 11.3 Å². The summed E-state index contributed by atoms with van der Waals surface area (Å²) >= 11 is 0. The molecule has 1 saturated carbocycles. The van der Waals surface area contributed by atoms with Gasteiger partial charge in [0.1, 0.15) is 25.5 Å². The van der Waals surface area contributed by atoms with Crippen molar-refractivity contribution in [2.75, 3.05) is 41.7 Å². The van der Waals surface area contributed by atoms with Gasteiger partial charge in [0.15, 0.2) is 18.3 Å². The number of aldehydes is 1. The lowest BCUT2D eigenvalue weighted by molar-refractivity contribution is -0.250. The fraction of sp³-hybridized carbons (Fsp3) is 0.696. The zero-order valence-corrected chi connectivity index (χ0v) is 19.3. The van der Waals surface area contributed by atoms with Gasteiger partial charge in [0, 0.05) is 44.6 Å². The van der Waals surface area contributed by atoms with Gasteiger partial charge in [-0.1, -0.05) is 13.8 Å². The van der Waals surface area contributed by atoms with E-state index in [1.807, 2.05) is 6.07 Å². The van der Waals surface area contributed by atoms with E-state index < -0.39 is 5.60 Å². The maximum absolute atomic E-state index is 11.5. The van der Waals surface area contributed by atoms with Crippen molar-refractivity contribution in [3.8, 4) is 11.5 Å². The normalized spacial score (nSPS) is 28.9. The standard InChI is InChI=1S/C23H34O8/c1-22(2)19-9-16-7-15(11-24)8-17(28-12-25-4)20(16)31-23(19,3)10-18(29-13-26-5)21(22)30-14-27-6/h7-8,11,18-19,21H,9-10,12-14H2,1-6H3/t18-,19-,21-,23-/m1/s1. The predicted molar refractivity (Wildman–Crippen MR) is 112 cm³/mol. The number of ether oxygens (including phenoxy) is 7. The molecule has 2 aliphatic rings. The second-order valence-electron chi connectivity index (χ2n) is 8.98. The van der Waals surface area contributed by atoms with E-state index in [0.717, 1.165) is 11.8 Å². The van der Waals surface area contributed by atoms with Gasteiger partial charge in [-0.3, -0.25) is 4.79 Å². The van der Waals surface area contributed by atoms with E-state index in [4.69, 9.17) is 33.2 Å². The first-order valence-electron chi connectivity index (χ1n) is 10.4. The summed E-state index contributed by atoms with van der Waals surface area (Å²) in [5, 5.41) is 0. The molecule has 0 spiro atoms. The van der Waals surface area contributed by atoms with Crippen molar-refractivity contribution >= 4 is 6.29 Å². The van der Waals surface area contributed by atoms with Crippen LogP contribution in [-0.4, -0.2) is 65.8 Å². The largest absolute Gasteiger partial charge is 0.483 e. The van der Waals surface area contributed by atoms with Gasteiger partial charge < -0.3 is 33.2 Å².